The second-order valence-corrected chi connectivity index (χ2v) is 8.39. The molecule has 0 amide bonds. The zero-order valence-corrected chi connectivity index (χ0v) is 17.3. The standard InChI is InChI=1S/C21H25NO7/c1-19(2,3)13-11-20(28-5,29-6)16-15(18(24)27-4)21(16,17(13)23)12-9-7-8-10-14(12)22(25)26/h7-11,15-16H,1-6H3/t15-,16-,21-/m0/s1. The number of carbonyl (C=O) groups excluding carboxylic acids is 2. The summed E-state index contributed by atoms with van der Waals surface area (Å²) in [6, 6.07) is 5.99. The molecule has 0 aromatic heterocycles. The summed E-state index contributed by atoms with van der Waals surface area (Å²) in [5, 5.41) is 11.8. The van der Waals surface area contributed by atoms with Gasteiger partial charge in [-0.2, -0.15) is 0 Å². The first kappa shape index (κ1) is 21.1. The molecule has 0 saturated heterocycles. The number of fused-ring (bicyclic) bond motifs is 1. The van der Waals surface area contributed by atoms with Crippen LogP contribution in [0.15, 0.2) is 35.9 Å². The number of methoxy groups -OCH3 is 3. The van der Waals surface area contributed by atoms with Gasteiger partial charge in [-0.15, -0.1) is 0 Å². The van der Waals surface area contributed by atoms with Gasteiger partial charge in [0, 0.05) is 37.3 Å². The SMILES string of the molecule is COC(=O)[C@@H]1[C@H]2C(OC)(OC)C=C(C(C)(C)C)C(=O)[C@@]12c1ccccc1[N+](=O)[O-]. The third-order valence-electron chi connectivity index (χ3n) is 6.05. The van der Waals surface area contributed by atoms with Gasteiger partial charge in [0.15, 0.2) is 11.6 Å². The summed E-state index contributed by atoms with van der Waals surface area (Å²) in [7, 11) is 4.07. The van der Waals surface area contributed by atoms with Gasteiger partial charge in [0.1, 0.15) is 0 Å². The van der Waals surface area contributed by atoms with E-state index in [0.29, 0.717) is 5.57 Å². The Bertz CT molecular complexity index is 910. The van der Waals surface area contributed by atoms with Crippen molar-refractivity contribution in [3.05, 3.63) is 51.6 Å². The van der Waals surface area contributed by atoms with Crippen molar-refractivity contribution in [1.82, 2.24) is 0 Å². The number of esters is 1. The highest BCUT2D eigenvalue weighted by Gasteiger charge is 2.83. The van der Waals surface area contributed by atoms with Gasteiger partial charge < -0.3 is 14.2 Å². The zero-order valence-electron chi connectivity index (χ0n) is 17.3. The van der Waals surface area contributed by atoms with E-state index in [4.69, 9.17) is 14.2 Å². The molecule has 1 aromatic rings. The molecule has 0 radical (unpaired) electrons. The lowest BCUT2D eigenvalue weighted by Crippen LogP contribution is -2.46. The van der Waals surface area contributed by atoms with Crippen molar-refractivity contribution in [1.29, 1.82) is 0 Å². The Morgan fingerprint density at radius 1 is 1.14 bits per heavy atom. The van der Waals surface area contributed by atoms with Gasteiger partial charge in [-0.05, 0) is 11.5 Å². The maximum Gasteiger partial charge on any atom is 0.310 e. The highest BCUT2D eigenvalue weighted by atomic mass is 16.7. The van der Waals surface area contributed by atoms with Gasteiger partial charge in [-0.1, -0.05) is 39.0 Å². The molecule has 0 bridgehead atoms. The number of benzene rings is 1. The largest absolute Gasteiger partial charge is 0.469 e. The van der Waals surface area contributed by atoms with E-state index in [1.165, 1.54) is 39.5 Å². The number of nitrogens with zero attached hydrogens (tertiary/aromatic N) is 1. The van der Waals surface area contributed by atoms with Crippen molar-refractivity contribution in [3.63, 3.8) is 0 Å². The smallest absolute Gasteiger partial charge is 0.310 e. The predicted molar refractivity (Wildman–Crippen MR) is 103 cm³/mol. The first-order valence-corrected chi connectivity index (χ1v) is 9.23. The molecule has 3 rings (SSSR count). The van der Waals surface area contributed by atoms with Crippen LogP contribution in [0.3, 0.4) is 0 Å². The zero-order chi connectivity index (χ0) is 21.8. The molecule has 156 valence electrons. The fourth-order valence-corrected chi connectivity index (χ4v) is 4.70. The van der Waals surface area contributed by atoms with E-state index in [1.807, 2.05) is 20.8 Å². The number of allylic oxidation sites excluding steroid dienone is 1. The van der Waals surface area contributed by atoms with Crippen LogP contribution in [0.5, 0.6) is 0 Å². The summed E-state index contributed by atoms with van der Waals surface area (Å²) in [6.45, 7) is 5.57. The number of nitro benzene ring substituents is 1. The summed E-state index contributed by atoms with van der Waals surface area (Å²) in [5.41, 5.74) is -1.77. The molecule has 8 heteroatoms. The summed E-state index contributed by atoms with van der Waals surface area (Å²) >= 11 is 0. The number of nitro groups is 1. The van der Waals surface area contributed by atoms with Crippen molar-refractivity contribution < 1.29 is 28.7 Å². The Labute approximate surface area is 169 Å². The van der Waals surface area contributed by atoms with E-state index in [0.717, 1.165) is 0 Å². The lowest BCUT2D eigenvalue weighted by atomic mass is 9.70. The number of Topliss-reactive ketones (excluding diaryl/α,β-unsaturated/α-hetero) is 1. The van der Waals surface area contributed by atoms with Crippen LogP contribution in [0.2, 0.25) is 0 Å². The molecule has 3 atom stereocenters. The number of para-hydroxylation sites is 1. The minimum Gasteiger partial charge on any atom is -0.469 e. The Kier molecular flexibility index (Phi) is 4.91. The predicted octanol–water partition coefficient (Wildman–Crippen LogP) is 2.80. The number of ketones is 1. The first-order chi connectivity index (χ1) is 13.5. The van der Waals surface area contributed by atoms with Gasteiger partial charge in [-0.25, -0.2) is 0 Å². The lowest BCUT2D eigenvalue weighted by molar-refractivity contribution is -0.385. The average Bonchev–Trinajstić information content (AvgIpc) is 3.40. The molecule has 1 fully saturated rings. The third-order valence-corrected chi connectivity index (χ3v) is 6.05. The molecule has 0 unspecified atom stereocenters. The molecular weight excluding hydrogens is 378 g/mol. The molecule has 0 aliphatic heterocycles. The highest BCUT2D eigenvalue weighted by molar-refractivity contribution is 6.13. The van der Waals surface area contributed by atoms with E-state index in [9.17, 15) is 19.7 Å². The molecule has 29 heavy (non-hydrogen) atoms. The molecule has 1 saturated carbocycles. The number of hydrogen-bond donors (Lipinski definition) is 0. The molecule has 1 aromatic carbocycles. The average molecular weight is 403 g/mol. The van der Waals surface area contributed by atoms with Gasteiger partial charge in [0.2, 0.25) is 0 Å². The van der Waals surface area contributed by atoms with Crippen molar-refractivity contribution in [3.8, 4) is 0 Å². The minimum absolute atomic E-state index is 0.170. The fraction of sp³-hybridized carbons (Fsp3) is 0.524. The first-order valence-electron chi connectivity index (χ1n) is 9.23. The summed E-state index contributed by atoms with van der Waals surface area (Å²) in [6.07, 6.45) is 1.61. The van der Waals surface area contributed by atoms with Gasteiger partial charge in [0.25, 0.3) is 5.69 Å². The maximum atomic E-state index is 13.9. The van der Waals surface area contributed by atoms with E-state index in [2.05, 4.69) is 0 Å². The topological polar surface area (TPSA) is 105 Å². The normalized spacial score (nSPS) is 27.7. The van der Waals surface area contributed by atoms with E-state index < -0.39 is 39.3 Å². The number of carbonyl (C=O) groups is 2. The number of ether oxygens (including phenoxy) is 3. The van der Waals surface area contributed by atoms with E-state index >= 15 is 0 Å². The van der Waals surface area contributed by atoms with Gasteiger partial charge >= 0.3 is 5.97 Å². The number of rotatable bonds is 5. The van der Waals surface area contributed by atoms with Crippen LogP contribution in [0.25, 0.3) is 0 Å². The summed E-state index contributed by atoms with van der Waals surface area (Å²) in [5.74, 6) is -4.15. The van der Waals surface area contributed by atoms with Crippen LogP contribution >= 0.6 is 0 Å². The van der Waals surface area contributed by atoms with Crippen LogP contribution in [0.1, 0.15) is 26.3 Å². The number of hydrogen-bond acceptors (Lipinski definition) is 7. The Morgan fingerprint density at radius 2 is 1.72 bits per heavy atom. The molecule has 8 nitrogen and oxygen atoms in total. The third kappa shape index (κ3) is 2.73. The van der Waals surface area contributed by atoms with Gasteiger partial charge in [-0.3, -0.25) is 19.7 Å². The van der Waals surface area contributed by atoms with Crippen molar-refractivity contribution in [2.75, 3.05) is 21.3 Å². The molecule has 2 aliphatic carbocycles. The van der Waals surface area contributed by atoms with Crippen LogP contribution in [-0.4, -0.2) is 43.8 Å². The Balaban J connectivity index is 2.39. The van der Waals surface area contributed by atoms with Gasteiger partial charge in [0.05, 0.1) is 23.4 Å². The van der Waals surface area contributed by atoms with E-state index in [-0.39, 0.29) is 17.0 Å². The highest BCUT2D eigenvalue weighted by Crippen LogP contribution is 2.71. The fourth-order valence-electron chi connectivity index (χ4n) is 4.70. The van der Waals surface area contributed by atoms with Crippen molar-refractivity contribution in [2.24, 2.45) is 17.3 Å². The van der Waals surface area contributed by atoms with Crippen molar-refractivity contribution >= 4 is 17.4 Å². The van der Waals surface area contributed by atoms with E-state index in [1.54, 1.807) is 12.1 Å². The van der Waals surface area contributed by atoms with Crippen LogP contribution in [0.4, 0.5) is 5.69 Å². The Hall–Kier alpha value is -2.58. The Morgan fingerprint density at radius 3 is 2.21 bits per heavy atom. The van der Waals surface area contributed by atoms with Crippen LogP contribution < -0.4 is 0 Å². The second-order valence-electron chi connectivity index (χ2n) is 8.39. The monoisotopic (exact) mass is 403 g/mol. The quantitative estimate of drug-likeness (QED) is 0.322. The van der Waals surface area contributed by atoms with Crippen LogP contribution in [-0.2, 0) is 29.2 Å². The summed E-state index contributed by atoms with van der Waals surface area (Å²) in [4.78, 5) is 37.8. The molecule has 0 N–H and O–H groups in total. The molecular formula is C21H25NO7. The minimum atomic E-state index is -1.50. The maximum absolute atomic E-state index is 13.9. The lowest BCUT2D eigenvalue weighted by Gasteiger charge is -2.38. The molecule has 0 heterocycles. The molecule has 2 aliphatic rings. The second kappa shape index (κ2) is 6.74. The molecule has 0 spiro atoms. The van der Waals surface area contributed by atoms with Crippen LogP contribution in [0, 0.1) is 27.4 Å². The van der Waals surface area contributed by atoms with Crippen molar-refractivity contribution in [2.45, 2.75) is 32.0 Å². The summed E-state index contributed by atoms with van der Waals surface area (Å²) < 4.78 is 16.4.